The van der Waals surface area contributed by atoms with Crippen LogP contribution in [0.4, 0.5) is 5.69 Å². The van der Waals surface area contributed by atoms with Crippen LogP contribution < -0.4 is 20.5 Å². The molecule has 4 aromatic carbocycles. The van der Waals surface area contributed by atoms with Gasteiger partial charge in [0.05, 0.1) is 5.41 Å². The molecule has 2 aliphatic rings. The van der Waals surface area contributed by atoms with E-state index >= 15 is 0 Å². The topological polar surface area (TPSA) is 106 Å². The predicted octanol–water partition coefficient (Wildman–Crippen LogP) is 10.5. The van der Waals surface area contributed by atoms with Gasteiger partial charge in [-0.2, -0.15) is 4.57 Å². The Balaban J connectivity index is 0.743. The van der Waals surface area contributed by atoms with Crippen LogP contribution in [0.5, 0.6) is 0 Å². The van der Waals surface area contributed by atoms with Crippen LogP contribution in [0, 0.1) is 0 Å². The van der Waals surface area contributed by atoms with Gasteiger partial charge in [0, 0.05) is 117 Å². The Bertz CT molecular complexity index is 2850. The van der Waals surface area contributed by atoms with Crippen molar-refractivity contribution in [2.75, 3.05) is 29.9 Å². The molecule has 2 amide bonds. The third kappa shape index (κ3) is 7.54. The second-order valence-corrected chi connectivity index (χ2v) is 19.4. The highest BCUT2D eigenvalue weighted by atomic mass is 33.1. The molecule has 8 nitrogen and oxygen atoms in total. The van der Waals surface area contributed by atoms with Crippen LogP contribution >= 0.6 is 21.6 Å². The molecule has 7 aromatic rings. The molecule has 5 heterocycles. The summed E-state index contributed by atoms with van der Waals surface area (Å²) in [5, 5.41) is 12.1. The number of benzene rings is 4. The lowest BCUT2D eigenvalue weighted by atomic mass is 9.79. The second-order valence-electron chi connectivity index (χ2n) is 16.7. The van der Waals surface area contributed by atoms with Crippen molar-refractivity contribution in [1.82, 2.24) is 20.6 Å². The van der Waals surface area contributed by atoms with Crippen LogP contribution in [-0.4, -0.2) is 46.4 Å². The number of aromatic nitrogens is 3. The summed E-state index contributed by atoms with van der Waals surface area (Å²) in [7, 11) is 3.39. The number of carbonyl (C=O) groups is 2. The van der Waals surface area contributed by atoms with Gasteiger partial charge in [0.1, 0.15) is 0 Å². The summed E-state index contributed by atoms with van der Waals surface area (Å²) in [5.41, 5.74) is 13.3. The SMILES string of the molecule is CC1(C)C/C=C(c2c[nH]c3ccccc23)\C=C/Nc2ccc(C(=O)NCCSSCCNC(=O)c3ccc4c(c3)C(C)(C)c3cc(-c5c[nH]c6ccccc56)cc[n+]3-4)cc21. The second kappa shape index (κ2) is 16.2. The summed E-state index contributed by atoms with van der Waals surface area (Å²) < 4.78 is 2.25. The van der Waals surface area contributed by atoms with E-state index in [-0.39, 0.29) is 22.6 Å². The molecule has 0 spiro atoms. The summed E-state index contributed by atoms with van der Waals surface area (Å²) in [6.07, 6.45) is 13.5. The average Bonchev–Trinajstić information content (AvgIpc) is 3.96. The number of hydrogen-bond donors (Lipinski definition) is 5. The molecule has 0 saturated heterocycles. The number of aromatic amines is 2. The number of anilines is 1. The van der Waals surface area contributed by atoms with E-state index in [0.29, 0.717) is 24.2 Å². The summed E-state index contributed by atoms with van der Waals surface area (Å²) in [6, 6.07) is 33.2. The van der Waals surface area contributed by atoms with Gasteiger partial charge in [0.25, 0.3) is 11.8 Å². The van der Waals surface area contributed by atoms with Gasteiger partial charge in [0.15, 0.2) is 11.9 Å². The van der Waals surface area contributed by atoms with Crippen molar-refractivity contribution in [3.63, 3.8) is 0 Å². The smallest absolute Gasteiger partial charge is 0.251 e. The number of nitrogens with zero attached hydrogens (tertiary/aromatic N) is 1. The molecule has 0 atom stereocenters. The Morgan fingerprint density at radius 2 is 1.33 bits per heavy atom. The fourth-order valence-corrected chi connectivity index (χ4v) is 10.4. The van der Waals surface area contributed by atoms with Gasteiger partial charge in [-0.15, -0.1) is 0 Å². The first-order valence-electron chi connectivity index (χ1n) is 20.5. The minimum absolute atomic E-state index is 0.0703. The molecule has 0 fully saturated rings. The quantitative estimate of drug-likeness (QED) is 0.0507. The summed E-state index contributed by atoms with van der Waals surface area (Å²) in [5.74, 6) is 1.37. The number of nitrogens with one attached hydrogen (secondary N) is 5. The molecule has 3 aromatic heterocycles. The monoisotopic (exact) mass is 829 g/mol. The van der Waals surface area contributed by atoms with E-state index in [0.717, 1.165) is 57.0 Å². The number of fused-ring (bicyclic) bond motifs is 6. The number of carbonyl (C=O) groups excluding carboxylic acids is 2. The number of rotatable bonds is 11. The molecule has 0 saturated carbocycles. The molecule has 10 heteroatoms. The van der Waals surface area contributed by atoms with E-state index in [9.17, 15) is 9.59 Å². The fraction of sp³-hybridized carbons (Fsp3) is 0.220. The Kier molecular flexibility index (Phi) is 10.7. The van der Waals surface area contributed by atoms with Crippen molar-refractivity contribution in [2.45, 2.75) is 44.9 Å². The summed E-state index contributed by atoms with van der Waals surface area (Å²) in [6.45, 7) is 10.0. The first kappa shape index (κ1) is 39.5. The number of allylic oxidation sites excluding steroid dienone is 3. The molecule has 0 radical (unpaired) electrons. The maximum absolute atomic E-state index is 13.3. The van der Waals surface area contributed by atoms with Gasteiger partial charge in [-0.3, -0.25) is 9.59 Å². The van der Waals surface area contributed by atoms with Crippen molar-refractivity contribution < 1.29 is 14.2 Å². The molecular weight excluding hydrogens is 781 g/mol. The number of H-pyrrole nitrogens is 2. The third-order valence-electron chi connectivity index (χ3n) is 12.0. The molecule has 0 bridgehead atoms. The molecular formula is C50H49N6O2S2+. The molecule has 60 heavy (non-hydrogen) atoms. The molecule has 5 N–H and O–H groups in total. The number of hydrogen-bond acceptors (Lipinski definition) is 5. The normalized spacial score (nSPS) is 16.3. The number of amides is 2. The predicted molar refractivity (Wildman–Crippen MR) is 250 cm³/mol. The fourth-order valence-electron chi connectivity index (χ4n) is 8.58. The zero-order chi connectivity index (χ0) is 41.4. The van der Waals surface area contributed by atoms with Gasteiger partial charge < -0.3 is 25.9 Å². The minimum Gasteiger partial charge on any atom is -0.361 e. The Labute approximate surface area is 358 Å². The van der Waals surface area contributed by atoms with Gasteiger partial charge >= 0.3 is 0 Å². The first-order valence-corrected chi connectivity index (χ1v) is 23.0. The van der Waals surface area contributed by atoms with Crippen molar-refractivity contribution in [1.29, 1.82) is 0 Å². The van der Waals surface area contributed by atoms with E-state index in [4.69, 9.17) is 0 Å². The van der Waals surface area contributed by atoms with Crippen LogP contribution in [0.1, 0.15) is 77.2 Å². The van der Waals surface area contributed by atoms with E-state index < -0.39 is 0 Å². The zero-order valence-electron chi connectivity index (χ0n) is 34.3. The van der Waals surface area contributed by atoms with E-state index in [1.54, 1.807) is 21.6 Å². The zero-order valence-corrected chi connectivity index (χ0v) is 36.0. The van der Waals surface area contributed by atoms with Crippen LogP contribution in [0.2, 0.25) is 0 Å². The minimum atomic E-state index is -0.277. The van der Waals surface area contributed by atoms with Gasteiger partial charge in [-0.05, 0) is 90.9 Å². The molecule has 0 aliphatic carbocycles. The van der Waals surface area contributed by atoms with Gasteiger partial charge in [-0.1, -0.05) is 77.9 Å². The molecule has 9 rings (SSSR count). The van der Waals surface area contributed by atoms with Crippen LogP contribution in [0.25, 0.3) is 44.2 Å². The van der Waals surface area contributed by atoms with Gasteiger partial charge in [0.2, 0.25) is 5.69 Å². The molecule has 2 aliphatic heterocycles. The van der Waals surface area contributed by atoms with Crippen molar-refractivity contribution in [3.05, 3.63) is 168 Å². The summed E-state index contributed by atoms with van der Waals surface area (Å²) in [4.78, 5) is 33.4. The highest BCUT2D eigenvalue weighted by molar-refractivity contribution is 8.76. The maximum Gasteiger partial charge on any atom is 0.251 e. The van der Waals surface area contributed by atoms with E-state index in [1.165, 1.54) is 33.2 Å². The standard InChI is InChI=1S/C50H48N6O2S2/c1-49(2)20-17-32(38-30-54-42-11-7-5-9-36(38)42)18-21-51-44-15-13-34(27-40(44)49)47(57)52-22-25-59-60-26-23-53-48(58)35-14-16-45-41(28-35)50(3,4)46-29-33(19-24-56(45)46)39-31-55-43-12-8-6-10-37(39)43/h5-19,21,24,27-31,54H,20,22-23,25-26H2,1-4H3,(H3,51,52,53,57,58)/p+1/b21-18-,32-17+. The van der Waals surface area contributed by atoms with Crippen molar-refractivity contribution in [3.8, 4) is 16.8 Å². The highest BCUT2D eigenvalue weighted by Gasteiger charge is 2.44. The summed E-state index contributed by atoms with van der Waals surface area (Å²) >= 11 is 0. The van der Waals surface area contributed by atoms with E-state index in [1.807, 2.05) is 48.7 Å². The van der Waals surface area contributed by atoms with Crippen LogP contribution in [0.3, 0.4) is 0 Å². The van der Waals surface area contributed by atoms with E-state index in [2.05, 4.69) is 144 Å². The highest BCUT2D eigenvalue weighted by Crippen LogP contribution is 2.41. The Morgan fingerprint density at radius 3 is 2.03 bits per heavy atom. The lowest BCUT2D eigenvalue weighted by molar-refractivity contribution is -0.599. The number of pyridine rings is 1. The Morgan fingerprint density at radius 1 is 0.717 bits per heavy atom. The van der Waals surface area contributed by atoms with Crippen molar-refractivity contribution >= 4 is 66.5 Å². The largest absolute Gasteiger partial charge is 0.361 e. The van der Waals surface area contributed by atoms with Crippen molar-refractivity contribution in [2.24, 2.45) is 0 Å². The third-order valence-corrected chi connectivity index (χ3v) is 14.4. The molecule has 302 valence electrons. The lowest BCUT2D eigenvalue weighted by Gasteiger charge is -2.27. The number of para-hydroxylation sites is 2. The lowest BCUT2D eigenvalue weighted by Crippen LogP contribution is -2.34. The first-order chi connectivity index (χ1) is 29.1. The maximum atomic E-state index is 13.3. The van der Waals surface area contributed by atoms with Gasteiger partial charge in [-0.25, -0.2) is 0 Å². The van der Waals surface area contributed by atoms with Crippen LogP contribution in [-0.2, 0) is 10.8 Å². The Hall–Kier alpha value is -5.97. The van der Waals surface area contributed by atoms with Crippen LogP contribution in [0.15, 0.2) is 134 Å². The average molecular weight is 830 g/mol. The molecule has 0 unspecified atom stereocenters.